The molecule has 2 aromatic rings. The molecule has 0 atom stereocenters. The molecule has 112 valence electrons. The van der Waals surface area contributed by atoms with Gasteiger partial charge < -0.3 is 15.1 Å². The molecule has 2 N–H and O–H groups in total. The number of hydrogen-bond donors (Lipinski definition) is 2. The van der Waals surface area contributed by atoms with Crippen LogP contribution in [0.2, 0.25) is 0 Å². The summed E-state index contributed by atoms with van der Waals surface area (Å²) in [7, 11) is 0. The summed E-state index contributed by atoms with van der Waals surface area (Å²) in [6, 6.07) is 8.35. The number of anilines is 1. The quantitative estimate of drug-likeness (QED) is 0.834. The van der Waals surface area contributed by atoms with Crippen molar-refractivity contribution in [2.75, 3.05) is 18.4 Å². The Morgan fingerprint density at radius 3 is 2.71 bits per heavy atom. The summed E-state index contributed by atoms with van der Waals surface area (Å²) < 4.78 is 5.06. The summed E-state index contributed by atoms with van der Waals surface area (Å²) in [5.41, 5.74) is 0.885. The number of halogens is 1. The first kappa shape index (κ1) is 15.5. The lowest BCUT2D eigenvalue weighted by Gasteiger charge is -2.21. The molecule has 0 saturated carbocycles. The van der Waals surface area contributed by atoms with E-state index >= 15 is 0 Å². The van der Waals surface area contributed by atoms with Crippen LogP contribution in [0.3, 0.4) is 0 Å². The van der Waals surface area contributed by atoms with E-state index in [-0.39, 0.29) is 29.9 Å². The van der Waals surface area contributed by atoms with Crippen molar-refractivity contribution in [3.63, 3.8) is 0 Å². The highest BCUT2D eigenvalue weighted by molar-refractivity contribution is 5.94. The van der Waals surface area contributed by atoms with E-state index in [4.69, 9.17) is 4.42 Å². The highest BCUT2D eigenvalue weighted by Crippen LogP contribution is 2.20. The zero-order valence-corrected chi connectivity index (χ0v) is 12.2. The van der Waals surface area contributed by atoms with E-state index in [0.717, 1.165) is 37.0 Å². The number of rotatable bonds is 2. The topological polar surface area (TPSA) is 71.3 Å². The lowest BCUT2D eigenvalue weighted by Crippen LogP contribution is -2.34. The highest BCUT2D eigenvalue weighted by atomic mass is 35.5. The molecule has 1 aromatic heterocycles. The van der Waals surface area contributed by atoms with Crippen LogP contribution in [-0.2, 0) is 4.79 Å². The van der Waals surface area contributed by atoms with Crippen molar-refractivity contribution in [3.05, 3.63) is 40.8 Å². The lowest BCUT2D eigenvalue weighted by atomic mass is 9.97. The number of benzene rings is 1. The van der Waals surface area contributed by atoms with Crippen molar-refractivity contribution in [1.82, 2.24) is 5.32 Å². The molecule has 1 aromatic carbocycles. The maximum atomic E-state index is 12.1. The van der Waals surface area contributed by atoms with Gasteiger partial charge in [0, 0.05) is 23.1 Å². The molecule has 0 aliphatic carbocycles. The van der Waals surface area contributed by atoms with Crippen LogP contribution in [0.4, 0.5) is 5.69 Å². The molecule has 1 aliphatic heterocycles. The molecule has 1 aliphatic rings. The normalized spacial score (nSPS) is 15.4. The molecule has 3 rings (SSSR count). The Bertz CT molecular complexity index is 693. The smallest absolute Gasteiger partial charge is 0.336 e. The van der Waals surface area contributed by atoms with Gasteiger partial charge in [-0.15, -0.1) is 12.4 Å². The first-order chi connectivity index (χ1) is 9.72. The summed E-state index contributed by atoms with van der Waals surface area (Å²) in [4.78, 5) is 23.3. The number of nitrogens with one attached hydrogen (secondary N) is 2. The molecule has 0 spiro atoms. The van der Waals surface area contributed by atoms with Crippen LogP contribution in [-0.4, -0.2) is 19.0 Å². The summed E-state index contributed by atoms with van der Waals surface area (Å²) >= 11 is 0. The van der Waals surface area contributed by atoms with Crippen LogP contribution in [0.25, 0.3) is 11.0 Å². The second-order valence-electron chi connectivity index (χ2n) is 5.02. The minimum atomic E-state index is -0.371. The number of fused-ring (bicyclic) bond motifs is 1. The Morgan fingerprint density at radius 2 is 1.95 bits per heavy atom. The predicted molar refractivity (Wildman–Crippen MR) is 84.0 cm³/mol. The third-order valence-electron chi connectivity index (χ3n) is 3.60. The van der Waals surface area contributed by atoms with Gasteiger partial charge in [0.15, 0.2) is 0 Å². The van der Waals surface area contributed by atoms with E-state index in [1.807, 2.05) is 6.07 Å². The zero-order chi connectivity index (χ0) is 13.9. The minimum absolute atomic E-state index is 0. The van der Waals surface area contributed by atoms with Gasteiger partial charge in [0.25, 0.3) is 0 Å². The van der Waals surface area contributed by atoms with E-state index in [1.165, 1.54) is 6.07 Å². The number of hydrogen-bond acceptors (Lipinski definition) is 4. The summed E-state index contributed by atoms with van der Waals surface area (Å²) in [5, 5.41) is 6.97. The van der Waals surface area contributed by atoms with E-state index in [2.05, 4.69) is 10.6 Å². The molecule has 21 heavy (non-hydrogen) atoms. The first-order valence-corrected chi connectivity index (χ1v) is 6.78. The van der Waals surface area contributed by atoms with Gasteiger partial charge in [0.2, 0.25) is 5.91 Å². The second kappa shape index (κ2) is 6.74. The zero-order valence-electron chi connectivity index (χ0n) is 11.4. The van der Waals surface area contributed by atoms with Gasteiger partial charge in [-0.3, -0.25) is 4.79 Å². The summed E-state index contributed by atoms with van der Waals surface area (Å²) in [6.45, 7) is 1.78. The number of piperidine rings is 1. The van der Waals surface area contributed by atoms with Crippen LogP contribution in [0.15, 0.2) is 39.5 Å². The standard InChI is InChI=1S/C15H16N2O3.ClH/c18-14-4-1-11-9-12(2-3-13(11)20-14)17-15(19)10-5-7-16-8-6-10;/h1-4,9-10,16H,5-8H2,(H,17,19);1H. The molecular weight excluding hydrogens is 292 g/mol. The third kappa shape index (κ3) is 3.62. The number of amides is 1. The van der Waals surface area contributed by atoms with Crippen LogP contribution in [0.5, 0.6) is 0 Å². The van der Waals surface area contributed by atoms with Crippen molar-refractivity contribution in [2.45, 2.75) is 12.8 Å². The molecule has 5 nitrogen and oxygen atoms in total. The maximum Gasteiger partial charge on any atom is 0.336 e. The molecule has 6 heteroatoms. The lowest BCUT2D eigenvalue weighted by molar-refractivity contribution is -0.120. The average molecular weight is 309 g/mol. The van der Waals surface area contributed by atoms with E-state index in [9.17, 15) is 9.59 Å². The van der Waals surface area contributed by atoms with Crippen LogP contribution >= 0.6 is 12.4 Å². The Balaban J connectivity index is 0.00000161. The van der Waals surface area contributed by atoms with Crippen LogP contribution in [0.1, 0.15) is 12.8 Å². The van der Waals surface area contributed by atoms with E-state index in [1.54, 1.807) is 18.2 Å². The van der Waals surface area contributed by atoms with Gasteiger partial charge >= 0.3 is 5.63 Å². The summed E-state index contributed by atoms with van der Waals surface area (Å²) in [5.74, 6) is 0.129. The number of carbonyl (C=O) groups excluding carboxylic acids is 1. The van der Waals surface area contributed by atoms with Gasteiger partial charge in [-0.1, -0.05) is 0 Å². The van der Waals surface area contributed by atoms with Crippen molar-refractivity contribution < 1.29 is 9.21 Å². The van der Waals surface area contributed by atoms with Crippen molar-refractivity contribution in [3.8, 4) is 0 Å². The highest BCUT2D eigenvalue weighted by Gasteiger charge is 2.20. The van der Waals surface area contributed by atoms with E-state index < -0.39 is 0 Å². The second-order valence-corrected chi connectivity index (χ2v) is 5.02. The molecule has 1 amide bonds. The SMILES string of the molecule is Cl.O=C(Nc1ccc2oc(=O)ccc2c1)C1CCNCC1. The van der Waals surface area contributed by atoms with Gasteiger partial charge in [-0.25, -0.2) is 4.79 Å². The Kier molecular flexibility index (Phi) is 4.98. The molecule has 0 radical (unpaired) electrons. The van der Waals surface area contributed by atoms with Crippen molar-refractivity contribution in [2.24, 2.45) is 5.92 Å². The van der Waals surface area contributed by atoms with Crippen LogP contribution in [0, 0.1) is 5.92 Å². The molecule has 0 bridgehead atoms. The monoisotopic (exact) mass is 308 g/mol. The van der Waals surface area contributed by atoms with E-state index in [0.29, 0.717) is 5.58 Å². The van der Waals surface area contributed by atoms with Crippen LogP contribution < -0.4 is 16.3 Å². The van der Waals surface area contributed by atoms with Gasteiger partial charge in [-0.2, -0.15) is 0 Å². The van der Waals surface area contributed by atoms with Crippen molar-refractivity contribution in [1.29, 1.82) is 0 Å². The Hall–Kier alpha value is -1.85. The number of carbonyl (C=O) groups is 1. The maximum absolute atomic E-state index is 12.1. The minimum Gasteiger partial charge on any atom is -0.423 e. The van der Waals surface area contributed by atoms with Gasteiger partial charge in [0.05, 0.1) is 0 Å². The molecule has 1 fully saturated rings. The Labute approximate surface area is 128 Å². The molecule has 0 unspecified atom stereocenters. The fourth-order valence-corrected chi connectivity index (χ4v) is 2.48. The summed E-state index contributed by atoms with van der Waals surface area (Å²) in [6.07, 6.45) is 1.74. The fraction of sp³-hybridized carbons (Fsp3) is 0.333. The first-order valence-electron chi connectivity index (χ1n) is 6.78. The largest absolute Gasteiger partial charge is 0.423 e. The Morgan fingerprint density at radius 1 is 1.19 bits per heavy atom. The fourth-order valence-electron chi connectivity index (χ4n) is 2.48. The average Bonchev–Trinajstić information content (AvgIpc) is 2.48. The predicted octanol–water partition coefficient (Wildman–Crippen LogP) is 2.15. The van der Waals surface area contributed by atoms with Crippen molar-refractivity contribution >= 4 is 35.0 Å². The van der Waals surface area contributed by atoms with Gasteiger partial charge in [0.1, 0.15) is 5.58 Å². The molecule has 2 heterocycles. The molecular formula is C15H17ClN2O3. The molecule has 1 saturated heterocycles. The van der Waals surface area contributed by atoms with Gasteiger partial charge in [-0.05, 0) is 50.2 Å². The third-order valence-corrected chi connectivity index (χ3v) is 3.60.